The van der Waals surface area contributed by atoms with Crippen LogP contribution in [0.5, 0.6) is 0 Å². The number of rotatable bonds is 6. The number of carboxylic acids is 1. The molecule has 0 radical (unpaired) electrons. The Morgan fingerprint density at radius 1 is 1.06 bits per heavy atom. The van der Waals surface area contributed by atoms with E-state index in [0.717, 1.165) is 50.5 Å². The van der Waals surface area contributed by atoms with Crippen molar-refractivity contribution in [1.29, 1.82) is 0 Å². The van der Waals surface area contributed by atoms with E-state index in [1.54, 1.807) is 12.1 Å². The minimum atomic E-state index is -0.994. The fraction of sp³-hybridized carbons (Fsp3) is 0.0741. The lowest BCUT2D eigenvalue weighted by molar-refractivity contribution is -0.131. The van der Waals surface area contributed by atoms with Crippen LogP contribution in [0.25, 0.3) is 28.1 Å². The number of carbonyl (C=O) groups is 1. The molecule has 0 fully saturated rings. The summed E-state index contributed by atoms with van der Waals surface area (Å²) in [5, 5.41) is 10.3. The Bertz CT molecular complexity index is 1320. The van der Waals surface area contributed by atoms with Crippen LogP contribution in [-0.2, 0) is 4.79 Å². The van der Waals surface area contributed by atoms with Gasteiger partial charge in [0.1, 0.15) is 5.82 Å². The predicted octanol–water partition coefficient (Wildman–Crippen LogP) is 7.43. The van der Waals surface area contributed by atoms with Crippen LogP contribution in [0, 0.1) is 5.82 Å². The summed E-state index contributed by atoms with van der Waals surface area (Å²) in [6.45, 7) is 2.04. The van der Waals surface area contributed by atoms with Crippen molar-refractivity contribution < 1.29 is 14.3 Å². The molecule has 3 nitrogen and oxygen atoms in total. The Hall–Kier alpha value is -3.63. The Morgan fingerprint density at radius 3 is 2.47 bits per heavy atom. The van der Waals surface area contributed by atoms with Gasteiger partial charge in [-0.25, -0.2) is 9.18 Å². The number of benzene rings is 3. The average molecular weight is 446 g/mol. The average Bonchev–Trinajstić information content (AvgIpc) is 3.20. The van der Waals surface area contributed by atoms with Gasteiger partial charge in [0.25, 0.3) is 0 Å². The van der Waals surface area contributed by atoms with Crippen LogP contribution in [0.2, 0.25) is 5.02 Å². The van der Waals surface area contributed by atoms with Crippen molar-refractivity contribution in [2.45, 2.75) is 13.3 Å². The lowest BCUT2D eigenvalue weighted by atomic mass is 9.90. The maximum Gasteiger partial charge on any atom is 0.328 e. The molecule has 0 spiro atoms. The molecule has 0 unspecified atom stereocenters. The third-order valence-corrected chi connectivity index (χ3v) is 5.64. The van der Waals surface area contributed by atoms with Crippen LogP contribution in [0.4, 0.5) is 4.39 Å². The van der Waals surface area contributed by atoms with Gasteiger partial charge in [0.15, 0.2) is 0 Å². The highest BCUT2D eigenvalue weighted by molar-refractivity contribution is 6.32. The summed E-state index contributed by atoms with van der Waals surface area (Å²) in [5.41, 5.74) is 6.39. The van der Waals surface area contributed by atoms with E-state index in [9.17, 15) is 9.18 Å². The number of hydrogen-bond donors (Lipinski definition) is 2. The number of para-hydroxylation sites is 1. The molecule has 32 heavy (non-hydrogen) atoms. The molecule has 4 rings (SSSR count). The summed E-state index contributed by atoms with van der Waals surface area (Å²) in [6, 6.07) is 22.2. The number of fused-ring (bicyclic) bond motifs is 1. The topological polar surface area (TPSA) is 53.1 Å². The van der Waals surface area contributed by atoms with Gasteiger partial charge >= 0.3 is 5.97 Å². The largest absolute Gasteiger partial charge is 0.478 e. The molecule has 0 bridgehead atoms. The van der Waals surface area contributed by atoms with Crippen LogP contribution >= 0.6 is 11.6 Å². The lowest BCUT2D eigenvalue weighted by Gasteiger charge is -2.16. The van der Waals surface area contributed by atoms with Gasteiger partial charge in [-0.2, -0.15) is 0 Å². The van der Waals surface area contributed by atoms with Crippen molar-refractivity contribution in [1.82, 2.24) is 4.98 Å². The van der Waals surface area contributed by atoms with Crippen LogP contribution in [0.1, 0.15) is 35.7 Å². The molecule has 160 valence electrons. The molecule has 0 aliphatic heterocycles. The van der Waals surface area contributed by atoms with Gasteiger partial charge in [-0.1, -0.05) is 67.1 Å². The third kappa shape index (κ3) is 4.51. The van der Waals surface area contributed by atoms with Gasteiger partial charge in [-0.05, 0) is 59.0 Å². The minimum Gasteiger partial charge on any atom is -0.478 e. The second-order valence-electron chi connectivity index (χ2n) is 7.40. The summed E-state index contributed by atoms with van der Waals surface area (Å²) in [7, 11) is 0. The second-order valence-corrected chi connectivity index (χ2v) is 7.80. The van der Waals surface area contributed by atoms with Crippen molar-refractivity contribution in [2.24, 2.45) is 0 Å². The van der Waals surface area contributed by atoms with Gasteiger partial charge < -0.3 is 10.1 Å². The smallest absolute Gasteiger partial charge is 0.328 e. The molecule has 0 saturated carbocycles. The molecule has 3 aromatic carbocycles. The number of H-pyrrole nitrogens is 1. The van der Waals surface area contributed by atoms with E-state index in [0.29, 0.717) is 11.4 Å². The first-order chi connectivity index (χ1) is 15.5. The van der Waals surface area contributed by atoms with Crippen molar-refractivity contribution in [2.75, 3.05) is 0 Å². The van der Waals surface area contributed by atoms with Crippen molar-refractivity contribution in [3.8, 4) is 0 Å². The summed E-state index contributed by atoms with van der Waals surface area (Å²) in [4.78, 5) is 14.3. The summed E-state index contributed by atoms with van der Waals surface area (Å²) < 4.78 is 13.7. The molecule has 0 amide bonds. The second kappa shape index (κ2) is 9.25. The van der Waals surface area contributed by atoms with Gasteiger partial charge in [0.2, 0.25) is 0 Å². The van der Waals surface area contributed by atoms with Crippen LogP contribution in [-0.4, -0.2) is 16.1 Å². The van der Waals surface area contributed by atoms with E-state index >= 15 is 0 Å². The molecule has 4 aromatic rings. The number of aromatic nitrogens is 1. The number of nitrogens with one attached hydrogen (secondary N) is 1. The normalized spacial score (nSPS) is 12.3. The molecule has 0 aliphatic rings. The van der Waals surface area contributed by atoms with E-state index in [1.165, 1.54) is 12.1 Å². The standard InChI is InChI=1S/C27H21ClFNO2/c1-2-21(22-13-12-20(29)16-23(22)28)27(25-15-19-5-3-4-6-24(19)30-25)18-10-7-17(8-11-18)9-14-26(31)32/h3-16,30H,2H2,1H3,(H,31,32)/b14-9+,27-21+. The molecule has 0 aliphatic carbocycles. The summed E-state index contributed by atoms with van der Waals surface area (Å²) in [5.74, 6) is -1.37. The number of allylic oxidation sites excluding steroid dienone is 1. The highest BCUT2D eigenvalue weighted by atomic mass is 35.5. The maximum absolute atomic E-state index is 13.7. The first-order valence-corrected chi connectivity index (χ1v) is 10.6. The highest BCUT2D eigenvalue weighted by Crippen LogP contribution is 2.38. The first kappa shape index (κ1) is 21.6. The van der Waals surface area contributed by atoms with Gasteiger partial charge in [0, 0.05) is 28.2 Å². The van der Waals surface area contributed by atoms with E-state index in [4.69, 9.17) is 16.7 Å². The van der Waals surface area contributed by atoms with Crippen LogP contribution in [0.15, 0.2) is 78.9 Å². The first-order valence-electron chi connectivity index (χ1n) is 10.2. The van der Waals surface area contributed by atoms with Crippen molar-refractivity contribution >= 4 is 45.7 Å². The molecular weight excluding hydrogens is 425 g/mol. The Balaban J connectivity index is 1.93. The predicted molar refractivity (Wildman–Crippen MR) is 129 cm³/mol. The minimum absolute atomic E-state index is 0.358. The fourth-order valence-corrected chi connectivity index (χ4v) is 4.15. The van der Waals surface area contributed by atoms with E-state index in [1.807, 2.05) is 55.5 Å². The lowest BCUT2D eigenvalue weighted by Crippen LogP contribution is -1.97. The van der Waals surface area contributed by atoms with E-state index < -0.39 is 5.97 Å². The zero-order valence-corrected chi connectivity index (χ0v) is 18.2. The van der Waals surface area contributed by atoms with Crippen LogP contribution in [0.3, 0.4) is 0 Å². The number of halogens is 2. The van der Waals surface area contributed by atoms with E-state index in [-0.39, 0.29) is 5.82 Å². The molecule has 2 N–H and O–H groups in total. The maximum atomic E-state index is 13.7. The zero-order chi connectivity index (χ0) is 22.7. The van der Waals surface area contributed by atoms with Crippen molar-refractivity contribution in [3.05, 3.63) is 112 Å². The molecule has 5 heteroatoms. The Kier molecular flexibility index (Phi) is 6.24. The number of aliphatic carboxylic acids is 1. The molecular formula is C27H21ClFNO2. The monoisotopic (exact) mass is 445 g/mol. The fourth-order valence-electron chi connectivity index (χ4n) is 3.86. The van der Waals surface area contributed by atoms with Gasteiger partial charge in [-0.15, -0.1) is 0 Å². The zero-order valence-electron chi connectivity index (χ0n) is 17.4. The number of carboxylic acid groups (broad SMARTS) is 1. The number of aromatic amines is 1. The summed E-state index contributed by atoms with van der Waals surface area (Å²) in [6.07, 6.45) is 3.34. The highest BCUT2D eigenvalue weighted by Gasteiger charge is 2.17. The molecule has 0 saturated heterocycles. The van der Waals surface area contributed by atoms with E-state index in [2.05, 4.69) is 11.1 Å². The third-order valence-electron chi connectivity index (χ3n) is 5.33. The molecule has 0 atom stereocenters. The Morgan fingerprint density at radius 2 is 1.81 bits per heavy atom. The molecule has 1 heterocycles. The Labute approximate surface area is 190 Å². The quantitative estimate of drug-likeness (QED) is 0.239. The van der Waals surface area contributed by atoms with Crippen LogP contribution < -0.4 is 0 Å². The van der Waals surface area contributed by atoms with Crippen molar-refractivity contribution in [3.63, 3.8) is 0 Å². The van der Waals surface area contributed by atoms with Gasteiger partial charge in [0.05, 0.1) is 5.02 Å². The SMILES string of the molecule is CC/C(=C(/c1ccc(/C=C/C(=O)O)cc1)c1cc2ccccc2[nH]1)c1ccc(F)cc1Cl. The summed E-state index contributed by atoms with van der Waals surface area (Å²) >= 11 is 6.45. The van der Waals surface area contributed by atoms with Gasteiger partial charge in [-0.3, -0.25) is 0 Å². The number of hydrogen-bond acceptors (Lipinski definition) is 1. The molecule has 1 aromatic heterocycles.